The Morgan fingerprint density at radius 2 is 2.32 bits per heavy atom. The van der Waals surface area contributed by atoms with E-state index in [-0.39, 0.29) is 11.9 Å². The van der Waals surface area contributed by atoms with Crippen LogP contribution in [0.25, 0.3) is 0 Å². The molecule has 0 amide bonds. The van der Waals surface area contributed by atoms with Crippen LogP contribution in [0.1, 0.15) is 29.6 Å². The summed E-state index contributed by atoms with van der Waals surface area (Å²) in [6, 6.07) is 5.45. The van der Waals surface area contributed by atoms with Crippen LogP contribution in [-0.2, 0) is 0 Å². The lowest BCUT2D eigenvalue weighted by Crippen LogP contribution is -2.42. The largest absolute Gasteiger partial charge is 0.497 e. The lowest BCUT2D eigenvalue weighted by atomic mass is 9.87. The van der Waals surface area contributed by atoms with Crippen molar-refractivity contribution >= 4 is 5.78 Å². The topological polar surface area (TPSA) is 47.6 Å². The molecule has 2 heterocycles. The van der Waals surface area contributed by atoms with Gasteiger partial charge in [0, 0.05) is 18.9 Å². The number of ketones is 1. The van der Waals surface area contributed by atoms with Gasteiger partial charge >= 0.3 is 0 Å². The SMILES string of the molecule is COc1ccc2c(c1)C(=O)C[C@H]([C@@H]1CCCNC1)O2. The summed E-state index contributed by atoms with van der Waals surface area (Å²) < 4.78 is 11.2. The smallest absolute Gasteiger partial charge is 0.170 e. The number of rotatable bonds is 2. The fourth-order valence-corrected chi connectivity index (χ4v) is 2.91. The first-order valence-corrected chi connectivity index (χ1v) is 6.86. The Kier molecular flexibility index (Phi) is 3.42. The van der Waals surface area contributed by atoms with E-state index in [0.29, 0.717) is 29.4 Å². The maximum atomic E-state index is 12.3. The average molecular weight is 261 g/mol. The van der Waals surface area contributed by atoms with Gasteiger partial charge in [-0.3, -0.25) is 4.79 Å². The number of Topliss-reactive ketones (excluding diaryl/α,β-unsaturated/α-hetero) is 1. The summed E-state index contributed by atoms with van der Waals surface area (Å²) in [4.78, 5) is 12.3. The summed E-state index contributed by atoms with van der Waals surface area (Å²) in [5.74, 6) is 2.00. The summed E-state index contributed by atoms with van der Waals surface area (Å²) in [6.07, 6.45) is 2.79. The van der Waals surface area contributed by atoms with Crippen molar-refractivity contribution in [3.05, 3.63) is 23.8 Å². The number of piperidine rings is 1. The summed E-state index contributed by atoms with van der Waals surface area (Å²) in [6.45, 7) is 2.02. The van der Waals surface area contributed by atoms with E-state index in [1.54, 1.807) is 13.2 Å². The molecule has 19 heavy (non-hydrogen) atoms. The fourth-order valence-electron chi connectivity index (χ4n) is 2.91. The lowest BCUT2D eigenvalue weighted by molar-refractivity contribution is 0.0682. The highest BCUT2D eigenvalue weighted by atomic mass is 16.5. The van der Waals surface area contributed by atoms with Crippen LogP contribution in [0, 0.1) is 5.92 Å². The predicted molar refractivity (Wildman–Crippen MR) is 72.0 cm³/mol. The summed E-state index contributed by atoms with van der Waals surface area (Å²) in [7, 11) is 1.60. The van der Waals surface area contributed by atoms with Gasteiger partial charge in [0.15, 0.2) is 5.78 Å². The number of hydrogen-bond acceptors (Lipinski definition) is 4. The van der Waals surface area contributed by atoms with Crippen LogP contribution in [0.5, 0.6) is 11.5 Å². The Labute approximate surface area is 113 Å². The van der Waals surface area contributed by atoms with Crippen molar-refractivity contribution in [2.24, 2.45) is 5.92 Å². The molecule has 102 valence electrons. The number of benzene rings is 1. The average Bonchev–Trinajstić information content (AvgIpc) is 2.48. The molecular formula is C15H19NO3. The Hall–Kier alpha value is -1.55. The lowest BCUT2D eigenvalue weighted by Gasteiger charge is -2.34. The molecule has 4 nitrogen and oxygen atoms in total. The van der Waals surface area contributed by atoms with Crippen molar-refractivity contribution in [2.45, 2.75) is 25.4 Å². The maximum Gasteiger partial charge on any atom is 0.170 e. The molecule has 1 fully saturated rings. The molecule has 3 rings (SSSR count). The van der Waals surface area contributed by atoms with Gasteiger partial charge in [-0.1, -0.05) is 0 Å². The van der Waals surface area contributed by atoms with E-state index >= 15 is 0 Å². The zero-order chi connectivity index (χ0) is 13.2. The molecule has 0 aliphatic carbocycles. The second-order valence-electron chi connectivity index (χ2n) is 5.25. The van der Waals surface area contributed by atoms with Crippen LogP contribution >= 0.6 is 0 Å². The van der Waals surface area contributed by atoms with Crippen LogP contribution in [0.2, 0.25) is 0 Å². The van der Waals surface area contributed by atoms with Crippen molar-refractivity contribution in [3.8, 4) is 11.5 Å². The predicted octanol–water partition coefficient (Wildman–Crippen LogP) is 2.03. The third-order valence-corrected chi connectivity index (χ3v) is 4.01. The zero-order valence-electron chi connectivity index (χ0n) is 11.1. The summed E-state index contributed by atoms with van der Waals surface area (Å²) in [5, 5.41) is 3.38. The monoisotopic (exact) mass is 261 g/mol. The number of nitrogens with one attached hydrogen (secondary N) is 1. The van der Waals surface area contributed by atoms with Crippen LogP contribution in [0.3, 0.4) is 0 Å². The van der Waals surface area contributed by atoms with E-state index < -0.39 is 0 Å². The number of ether oxygens (including phenoxy) is 2. The number of fused-ring (bicyclic) bond motifs is 1. The third-order valence-electron chi connectivity index (χ3n) is 4.01. The normalized spacial score (nSPS) is 26.5. The molecule has 1 aromatic rings. The van der Waals surface area contributed by atoms with Crippen LogP contribution < -0.4 is 14.8 Å². The first-order chi connectivity index (χ1) is 9.28. The number of carbonyl (C=O) groups excluding carboxylic acids is 1. The van der Waals surface area contributed by atoms with Gasteiger partial charge in [0.1, 0.15) is 17.6 Å². The third kappa shape index (κ3) is 2.45. The van der Waals surface area contributed by atoms with Crippen molar-refractivity contribution in [1.29, 1.82) is 0 Å². The first kappa shape index (κ1) is 12.5. The number of methoxy groups -OCH3 is 1. The standard InChI is InChI=1S/C15H19NO3/c1-18-11-4-5-14-12(7-11)13(17)8-15(19-14)10-3-2-6-16-9-10/h4-5,7,10,15-16H,2-3,6,8-9H2,1H3/t10-,15-/m1/s1. The van der Waals surface area contributed by atoms with Crippen molar-refractivity contribution in [3.63, 3.8) is 0 Å². The first-order valence-electron chi connectivity index (χ1n) is 6.86. The van der Waals surface area contributed by atoms with Gasteiger partial charge in [-0.2, -0.15) is 0 Å². The maximum absolute atomic E-state index is 12.3. The number of hydrogen-bond donors (Lipinski definition) is 1. The molecule has 0 unspecified atom stereocenters. The van der Waals surface area contributed by atoms with Gasteiger partial charge in [0.25, 0.3) is 0 Å². The van der Waals surface area contributed by atoms with E-state index in [1.165, 1.54) is 0 Å². The Morgan fingerprint density at radius 1 is 1.42 bits per heavy atom. The Morgan fingerprint density at radius 3 is 3.05 bits per heavy atom. The number of carbonyl (C=O) groups is 1. The summed E-state index contributed by atoms with van der Waals surface area (Å²) >= 11 is 0. The van der Waals surface area contributed by atoms with Gasteiger partial charge in [0.2, 0.25) is 0 Å². The molecule has 4 heteroatoms. The second kappa shape index (κ2) is 5.21. The fraction of sp³-hybridized carbons (Fsp3) is 0.533. The molecule has 2 atom stereocenters. The minimum absolute atomic E-state index is 0.0150. The molecule has 0 radical (unpaired) electrons. The van der Waals surface area contributed by atoms with Gasteiger partial charge in [-0.15, -0.1) is 0 Å². The van der Waals surface area contributed by atoms with Crippen molar-refractivity contribution < 1.29 is 14.3 Å². The van der Waals surface area contributed by atoms with Crippen LogP contribution in [0.4, 0.5) is 0 Å². The van der Waals surface area contributed by atoms with E-state index in [2.05, 4.69) is 5.32 Å². The van der Waals surface area contributed by atoms with Gasteiger partial charge in [-0.05, 0) is 37.6 Å². The van der Waals surface area contributed by atoms with E-state index in [9.17, 15) is 4.79 Å². The molecular weight excluding hydrogens is 242 g/mol. The minimum Gasteiger partial charge on any atom is -0.497 e. The quantitative estimate of drug-likeness (QED) is 0.885. The Bertz CT molecular complexity index is 480. The molecule has 1 N–H and O–H groups in total. The Balaban J connectivity index is 1.81. The zero-order valence-corrected chi connectivity index (χ0v) is 11.1. The van der Waals surface area contributed by atoms with Crippen molar-refractivity contribution in [2.75, 3.05) is 20.2 Å². The van der Waals surface area contributed by atoms with Gasteiger partial charge < -0.3 is 14.8 Å². The van der Waals surface area contributed by atoms with Gasteiger partial charge in [-0.25, -0.2) is 0 Å². The van der Waals surface area contributed by atoms with Gasteiger partial charge in [0.05, 0.1) is 12.7 Å². The highest BCUT2D eigenvalue weighted by Crippen LogP contribution is 2.34. The van der Waals surface area contributed by atoms with E-state index in [0.717, 1.165) is 25.9 Å². The van der Waals surface area contributed by atoms with Crippen LogP contribution in [0.15, 0.2) is 18.2 Å². The molecule has 0 bridgehead atoms. The van der Waals surface area contributed by atoms with E-state index in [1.807, 2.05) is 12.1 Å². The molecule has 1 saturated heterocycles. The molecule has 0 aromatic heterocycles. The highest BCUT2D eigenvalue weighted by molar-refractivity contribution is 6.00. The van der Waals surface area contributed by atoms with E-state index in [4.69, 9.17) is 9.47 Å². The molecule has 2 aliphatic rings. The molecule has 0 spiro atoms. The van der Waals surface area contributed by atoms with Crippen molar-refractivity contribution in [1.82, 2.24) is 5.32 Å². The second-order valence-corrected chi connectivity index (χ2v) is 5.25. The summed E-state index contributed by atoms with van der Waals surface area (Å²) in [5.41, 5.74) is 0.652. The minimum atomic E-state index is 0.0150. The molecule has 1 aromatic carbocycles. The molecule has 2 aliphatic heterocycles. The molecule has 0 saturated carbocycles. The van der Waals surface area contributed by atoms with Crippen LogP contribution in [-0.4, -0.2) is 32.1 Å². The highest BCUT2D eigenvalue weighted by Gasteiger charge is 2.33.